The second-order valence-corrected chi connectivity index (χ2v) is 5.83. The lowest BCUT2D eigenvalue weighted by Crippen LogP contribution is -2.26. The van der Waals surface area contributed by atoms with Gasteiger partial charge in [-0.05, 0) is 17.7 Å². The number of hydrogen-bond donors (Lipinski definition) is 0. The summed E-state index contributed by atoms with van der Waals surface area (Å²) in [6, 6.07) is 3.10. The third-order valence-electron chi connectivity index (χ3n) is 2.78. The number of nitrogens with zero attached hydrogens (tertiary/aromatic N) is 1. The Morgan fingerprint density at radius 1 is 1.41 bits per heavy atom. The fourth-order valence-corrected chi connectivity index (χ4v) is 2.27. The summed E-state index contributed by atoms with van der Waals surface area (Å²) in [6.07, 6.45) is 1.80. The Bertz CT molecular complexity index is 672. The summed E-state index contributed by atoms with van der Waals surface area (Å²) in [6.45, 7) is 0.0223. The zero-order valence-corrected chi connectivity index (χ0v) is 12.1. The number of halogens is 3. The standard InChI is InChI=1S/C12H12F3NO5S/c1-19-11-6-8(2-4-16-11)10-7-9(3-5-20-10)21-22(17,18)12(13,14)15/h2,4,6-7,10H,3,5H2,1H3. The molecule has 0 bridgehead atoms. The molecular formula is C12H12F3NO5S. The third-order valence-corrected chi connectivity index (χ3v) is 3.78. The summed E-state index contributed by atoms with van der Waals surface area (Å²) in [4.78, 5) is 3.89. The van der Waals surface area contributed by atoms with Crippen LogP contribution in [0.25, 0.3) is 0 Å². The Kier molecular flexibility index (Phi) is 4.61. The predicted molar refractivity (Wildman–Crippen MR) is 68.2 cm³/mol. The molecule has 0 aliphatic carbocycles. The summed E-state index contributed by atoms with van der Waals surface area (Å²) in [7, 11) is -4.27. The van der Waals surface area contributed by atoms with Crippen molar-refractivity contribution in [1.82, 2.24) is 4.98 Å². The molecular weight excluding hydrogens is 327 g/mol. The second kappa shape index (κ2) is 6.13. The molecule has 0 spiro atoms. The highest BCUT2D eigenvalue weighted by Crippen LogP contribution is 2.32. The predicted octanol–water partition coefficient (Wildman–Crippen LogP) is 2.30. The van der Waals surface area contributed by atoms with Crippen molar-refractivity contribution in [2.45, 2.75) is 18.0 Å². The highest BCUT2D eigenvalue weighted by molar-refractivity contribution is 7.87. The van der Waals surface area contributed by atoms with Crippen molar-refractivity contribution in [2.75, 3.05) is 13.7 Å². The van der Waals surface area contributed by atoms with E-state index in [1.54, 1.807) is 6.07 Å². The average molecular weight is 339 g/mol. The molecule has 2 rings (SSSR count). The Hall–Kier alpha value is -1.81. The summed E-state index contributed by atoms with van der Waals surface area (Å²) >= 11 is 0. The highest BCUT2D eigenvalue weighted by atomic mass is 32.2. The van der Waals surface area contributed by atoms with Gasteiger partial charge >= 0.3 is 15.6 Å². The first-order chi connectivity index (χ1) is 10.2. The molecule has 0 fully saturated rings. The largest absolute Gasteiger partial charge is 0.534 e. The lowest BCUT2D eigenvalue weighted by Gasteiger charge is -2.22. The Morgan fingerprint density at radius 2 is 2.14 bits per heavy atom. The van der Waals surface area contributed by atoms with Crippen LogP contribution < -0.4 is 4.74 Å². The molecule has 0 aromatic carbocycles. The molecule has 1 aromatic rings. The first-order valence-electron chi connectivity index (χ1n) is 6.06. The van der Waals surface area contributed by atoms with Crippen molar-refractivity contribution in [3.63, 3.8) is 0 Å². The molecule has 1 unspecified atom stereocenters. The first-order valence-corrected chi connectivity index (χ1v) is 7.47. The molecule has 2 heterocycles. The van der Waals surface area contributed by atoms with E-state index in [4.69, 9.17) is 9.47 Å². The molecule has 22 heavy (non-hydrogen) atoms. The Balaban J connectivity index is 2.22. The average Bonchev–Trinajstić information content (AvgIpc) is 2.46. The van der Waals surface area contributed by atoms with Gasteiger partial charge in [0.1, 0.15) is 11.9 Å². The van der Waals surface area contributed by atoms with Crippen LogP contribution in [-0.2, 0) is 19.0 Å². The zero-order chi connectivity index (χ0) is 16.4. The first kappa shape index (κ1) is 16.6. The lowest BCUT2D eigenvalue weighted by atomic mass is 10.1. The number of rotatable bonds is 4. The van der Waals surface area contributed by atoms with Gasteiger partial charge in [-0.15, -0.1) is 0 Å². The maximum absolute atomic E-state index is 12.3. The third kappa shape index (κ3) is 3.69. The van der Waals surface area contributed by atoms with E-state index in [1.165, 1.54) is 25.4 Å². The number of hydrogen-bond acceptors (Lipinski definition) is 6. The van der Waals surface area contributed by atoms with Crippen molar-refractivity contribution < 1.29 is 35.2 Å². The number of pyridine rings is 1. The van der Waals surface area contributed by atoms with E-state index in [2.05, 4.69) is 9.17 Å². The van der Waals surface area contributed by atoms with Gasteiger partial charge in [-0.1, -0.05) is 0 Å². The van der Waals surface area contributed by atoms with E-state index in [0.29, 0.717) is 11.4 Å². The molecule has 1 aromatic heterocycles. The quantitative estimate of drug-likeness (QED) is 0.619. The van der Waals surface area contributed by atoms with E-state index in [0.717, 1.165) is 0 Å². The van der Waals surface area contributed by atoms with Crippen molar-refractivity contribution in [2.24, 2.45) is 0 Å². The van der Waals surface area contributed by atoms with E-state index >= 15 is 0 Å². The van der Waals surface area contributed by atoms with E-state index in [9.17, 15) is 21.6 Å². The van der Waals surface area contributed by atoms with Crippen LogP contribution in [0.2, 0.25) is 0 Å². The lowest BCUT2D eigenvalue weighted by molar-refractivity contribution is -0.0530. The van der Waals surface area contributed by atoms with Gasteiger partial charge in [0.05, 0.1) is 13.7 Å². The summed E-state index contributed by atoms with van der Waals surface area (Å²) in [5.74, 6) is -0.0187. The molecule has 6 nitrogen and oxygen atoms in total. The number of alkyl halides is 3. The van der Waals surface area contributed by atoms with Crippen LogP contribution >= 0.6 is 0 Å². The molecule has 10 heteroatoms. The van der Waals surface area contributed by atoms with E-state index in [1.807, 2.05) is 0 Å². The smallest absolute Gasteiger partial charge is 0.481 e. The molecule has 1 aliphatic heterocycles. The second-order valence-electron chi connectivity index (χ2n) is 4.29. The summed E-state index contributed by atoms with van der Waals surface area (Å²) in [5, 5.41) is 0. The van der Waals surface area contributed by atoms with Crippen LogP contribution in [0.4, 0.5) is 13.2 Å². The highest BCUT2D eigenvalue weighted by Gasteiger charge is 2.49. The van der Waals surface area contributed by atoms with Crippen LogP contribution in [0, 0.1) is 0 Å². The van der Waals surface area contributed by atoms with Crippen molar-refractivity contribution >= 4 is 10.1 Å². The fraction of sp³-hybridized carbons (Fsp3) is 0.417. The Labute approximate surface area is 124 Å². The van der Waals surface area contributed by atoms with Gasteiger partial charge in [-0.3, -0.25) is 0 Å². The van der Waals surface area contributed by atoms with Gasteiger partial charge in [0.25, 0.3) is 0 Å². The van der Waals surface area contributed by atoms with Crippen LogP contribution in [0.5, 0.6) is 5.88 Å². The van der Waals surface area contributed by atoms with Crippen LogP contribution in [0.3, 0.4) is 0 Å². The number of ether oxygens (including phenoxy) is 2. The normalized spacial score (nSPS) is 19.5. The van der Waals surface area contributed by atoms with Crippen molar-refractivity contribution in [3.05, 3.63) is 35.7 Å². The van der Waals surface area contributed by atoms with Gasteiger partial charge in [0.2, 0.25) is 5.88 Å². The maximum atomic E-state index is 12.3. The molecule has 1 aliphatic rings. The maximum Gasteiger partial charge on any atom is 0.534 e. The molecule has 0 saturated heterocycles. The monoisotopic (exact) mass is 339 g/mol. The van der Waals surface area contributed by atoms with E-state index < -0.39 is 21.7 Å². The van der Waals surface area contributed by atoms with Gasteiger partial charge in [-0.25, -0.2) is 4.98 Å². The molecule has 122 valence electrons. The summed E-state index contributed by atoms with van der Waals surface area (Å²) < 4.78 is 73.4. The topological polar surface area (TPSA) is 74.7 Å². The molecule has 1 atom stereocenters. The van der Waals surface area contributed by atoms with Crippen LogP contribution in [-0.4, -0.2) is 32.6 Å². The molecule has 0 radical (unpaired) electrons. The number of aromatic nitrogens is 1. The van der Waals surface area contributed by atoms with Gasteiger partial charge in [0.15, 0.2) is 0 Å². The number of methoxy groups -OCH3 is 1. The minimum absolute atomic E-state index is 0.0223. The van der Waals surface area contributed by atoms with Gasteiger partial charge < -0.3 is 13.7 Å². The van der Waals surface area contributed by atoms with Crippen LogP contribution in [0.1, 0.15) is 18.1 Å². The van der Waals surface area contributed by atoms with E-state index in [-0.39, 0.29) is 18.8 Å². The fourth-order valence-electron chi connectivity index (χ4n) is 1.75. The zero-order valence-electron chi connectivity index (χ0n) is 11.3. The summed E-state index contributed by atoms with van der Waals surface area (Å²) in [5.41, 5.74) is -4.92. The van der Waals surface area contributed by atoms with Gasteiger partial charge in [0, 0.05) is 18.7 Å². The molecule has 0 N–H and O–H groups in total. The van der Waals surface area contributed by atoms with Crippen molar-refractivity contribution in [1.29, 1.82) is 0 Å². The molecule has 0 saturated carbocycles. The van der Waals surface area contributed by atoms with Gasteiger partial charge in [-0.2, -0.15) is 21.6 Å². The Morgan fingerprint density at radius 3 is 2.77 bits per heavy atom. The van der Waals surface area contributed by atoms with Crippen molar-refractivity contribution in [3.8, 4) is 5.88 Å². The minimum Gasteiger partial charge on any atom is -0.481 e. The molecule has 0 amide bonds. The van der Waals surface area contributed by atoms with Crippen LogP contribution in [0.15, 0.2) is 30.2 Å². The SMILES string of the molecule is COc1cc(C2C=C(OS(=O)(=O)C(F)(F)F)CCO2)ccn1. The minimum atomic E-state index is -5.68.